The Morgan fingerprint density at radius 3 is 2.86 bits per heavy atom. The number of fused-ring (bicyclic) bond motifs is 1. The second-order valence-electron chi connectivity index (χ2n) is 4.69. The number of hydrogen-bond donors (Lipinski definition) is 0. The molecule has 106 valence electrons. The van der Waals surface area contributed by atoms with Crippen LogP contribution in [0.1, 0.15) is 15.9 Å². The molecule has 0 radical (unpaired) electrons. The molecule has 3 rings (SSSR count). The molecule has 3 aromatic rings. The van der Waals surface area contributed by atoms with Gasteiger partial charge in [-0.05, 0) is 23.8 Å². The number of halogens is 1. The van der Waals surface area contributed by atoms with Gasteiger partial charge in [0, 0.05) is 10.4 Å². The van der Waals surface area contributed by atoms with Gasteiger partial charge in [-0.1, -0.05) is 41.9 Å². The summed E-state index contributed by atoms with van der Waals surface area (Å²) in [5.74, 6) is -0.0954. The summed E-state index contributed by atoms with van der Waals surface area (Å²) in [6.45, 7) is 0.359. The molecular weight excluding hydrogens is 288 g/mol. The third kappa shape index (κ3) is 3.15. The summed E-state index contributed by atoms with van der Waals surface area (Å²) in [5.41, 5.74) is 2.19. The second kappa shape index (κ2) is 6.12. The van der Waals surface area contributed by atoms with Crippen molar-refractivity contribution >= 4 is 28.4 Å². The summed E-state index contributed by atoms with van der Waals surface area (Å²) in [7, 11) is 0. The molecule has 21 heavy (non-hydrogen) atoms. The first-order valence-corrected chi connectivity index (χ1v) is 6.93. The summed E-state index contributed by atoms with van der Waals surface area (Å²) in [6.07, 6.45) is 1.48. The van der Waals surface area contributed by atoms with Crippen LogP contribution >= 0.6 is 11.6 Å². The quantitative estimate of drug-likeness (QED) is 0.652. The average Bonchev–Trinajstić information content (AvgIpc) is 2.91. The van der Waals surface area contributed by atoms with Crippen molar-refractivity contribution in [2.24, 2.45) is 0 Å². The molecule has 0 fully saturated rings. The lowest BCUT2D eigenvalue weighted by Crippen LogP contribution is -2.08. The summed E-state index contributed by atoms with van der Waals surface area (Å²) >= 11 is 5.90. The predicted octanol–water partition coefficient (Wildman–Crippen LogP) is 4.49. The van der Waals surface area contributed by atoms with Crippen molar-refractivity contribution < 1.29 is 13.9 Å². The summed E-state index contributed by atoms with van der Waals surface area (Å²) in [4.78, 5) is 12.2. The van der Waals surface area contributed by atoms with Gasteiger partial charge in [0.25, 0.3) is 0 Å². The highest BCUT2D eigenvalue weighted by Gasteiger charge is 2.13. The summed E-state index contributed by atoms with van der Waals surface area (Å²) in [6, 6.07) is 14.8. The number of para-hydroxylation sites is 1. The number of ketones is 1. The highest BCUT2D eigenvalue weighted by atomic mass is 35.5. The molecule has 3 nitrogen and oxygen atoms in total. The Hall–Kier alpha value is -2.10. The average molecular weight is 301 g/mol. The minimum absolute atomic E-state index is 0.00996. The van der Waals surface area contributed by atoms with Crippen LogP contribution in [0.5, 0.6) is 0 Å². The lowest BCUT2D eigenvalue weighted by atomic mass is 10.1. The Labute approximate surface area is 127 Å². The molecule has 0 N–H and O–H groups in total. The Morgan fingerprint density at radius 1 is 1.14 bits per heavy atom. The van der Waals surface area contributed by atoms with E-state index in [1.165, 1.54) is 6.26 Å². The van der Waals surface area contributed by atoms with Gasteiger partial charge in [0.05, 0.1) is 12.2 Å². The number of Topliss-reactive ketones (excluding diaryl/α,β-unsaturated/α-hetero) is 1. The molecule has 1 heterocycles. The number of benzene rings is 2. The lowest BCUT2D eigenvalue weighted by Gasteiger charge is -2.03. The maximum atomic E-state index is 12.2. The Kier molecular flexibility index (Phi) is 4.04. The van der Waals surface area contributed by atoms with E-state index in [4.69, 9.17) is 20.8 Å². The largest absolute Gasteiger partial charge is 0.464 e. The third-order valence-electron chi connectivity index (χ3n) is 3.17. The van der Waals surface area contributed by atoms with Crippen LogP contribution in [0.3, 0.4) is 0 Å². The SMILES string of the molecule is O=C(COCc1cccc(Cl)c1)c1coc2ccccc12. The highest BCUT2D eigenvalue weighted by Crippen LogP contribution is 2.21. The molecule has 2 aromatic carbocycles. The summed E-state index contributed by atoms with van der Waals surface area (Å²) in [5, 5.41) is 1.47. The van der Waals surface area contributed by atoms with Crippen LogP contribution in [0.15, 0.2) is 59.2 Å². The third-order valence-corrected chi connectivity index (χ3v) is 3.41. The van der Waals surface area contributed by atoms with Crippen molar-refractivity contribution in [3.63, 3.8) is 0 Å². The molecule has 4 heteroatoms. The molecule has 0 aliphatic rings. The molecule has 0 spiro atoms. The minimum atomic E-state index is -0.0954. The number of carbonyl (C=O) groups excluding carboxylic acids is 1. The number of carbonyl (C=O) groups is 1. The van der Waals surface area contributed by atoms with Gasteiger partial charge in [0.1, 0.15) is 18.5 Å². The van der Waals surface area contributed by atoms with E-state index in [0.29, 0.717) is 22.8 Å². The van der Waals surface area contributed by atoms with E-state index < -0.39 is 0 Å². The first kappa shape index (κ1) is 13.9. The van der Waals surface area contributed by atoms with E-state index >= 15 is 0 Å². The number of ether oxygens (including phenoxy) is 1. The van der Waals surface area contributed by atoms with Crippen molar-refractivity contribution in [1.82, 2.24) is 0 Å². The summed E-state index contributed by atoms with van der Waals surface area (Å²) < 4.78 is 10.8. The standard InChI is InChI=1S/C17H13ClO3/c18-13-5-3-4-12(8-13)9-20-11-16(19)15-10-21-17-7-2-1-6-14(15)17/h1-8,10H,9,11H2. The molecule has 0 aliphatic carbocycles. The van der Waals surface area contributed by atoms with Gasteiger partial charge < -0.3 is 9.15 Å². The maximum absolute atomic E-state index is 12.2. The van der Waals surface area contributed by atoms with Crippen molar-refractivity contribution in [3.05, 3.63) is 70.9 Å². The fraction of sp³-hybridized carbons (Fsp3) is 0.118. The van der Waals surface area contributed by atoms with E-state index in [0.717, 1.165) is 10.9 Å². The number of rotatable bonds is 5. The van der Waals surface area contributed by atoms with Crippen LogP contribution < -0.4 is 0 Å². The fourth-order valence-corrected chi connectivity index (χ4v) is 2.37. The maximum Gasteiger partial charge on any atom is 0.192 e. The lowest BCUT2D eigenvalue weighted by molar-refractivity contribution is 0.0727. The monoisotopic (exact) mass is 300 g/mol. The molecule has 0 unspecified atom stereocenters. The molecule has 0 aliphatic heterocycles. The molecule has 1 aromatic heterocycles. The number of furan rings is 1. The Balaban J connectivity index is 1.64. The number of hydrogen-bond acceptors (Lipinski definition) is 3. The topological polar surface area (TPSA) is 39.4 Å². The first-order valence-electron chi connectivity index (χ1n) is 6.55. The molecule has 0 bridgehead atoms. The van der Waals surface area contributed by atoms with Gasteiger partial charge in [0.2, 0.25) is 0 Å². The van der Waals surface area contributed by atoms with Gasteiger partial charge in [-0.2, -0.15) is 0 Å². The van der Waals surface area contributed by atoms with E-state index in [1.54, 1.807) is 6.07 Å². The van der Waals surface area contributed by atoms with Crippen LogP contribution in [0, 0.1) is 0 Å². The van der Waals surface area contributed by atoms with Gasteiger partial charge in [-0.25, -0.2) is 0 Å². The molecular formula is C17H13ClO3. The van der Waals surface area contributed by atoms with Crippen molar-refractivity contribution in [2.45, 2.75) is 6.61 Å². The Bertz CT molecular complexity index is 776. The second-order valence-corrected chi connectivity index (χ2v) is 5.13. The van der Waals surface area contributed by atoms with E-state index in [1.807, 2.05) is 42.5 Å². The molecule has 0 saturated carbocycles. The van der Waals surface area contributed by atoms with E-state index in [9.17, 15) is 4.79 Å². The predicted molar refractivity (Wildman–Crippen MR) is 81.7 cm³/mol. The zero-order valence-corrected chi connectivity index (χ0v) is 12.0. The van der Waals surface area contributed by atoms with Crippen LogP contribution in [0.25, 0.3) is 11.0 Å². The zero-order chi connectivity index (χ0) is 14.7. The molecule has 0 atom stereocenters. The van der Waals surface area contributed by atoms with Gasteiger partial charge in [0.15, 0.2) is 5.78 Å². The highest BCUT2D eigenvalue weighted by molar-refractivity contribution is 6.30. The first-order chi connectivity index (χ1) is 10.2. The van der Waals surface area contributed by atoms with Gasteiger partial charge in [-0.3, -0.25) is 4.79 Å². The van der Waals surface area contributed by atoms with Crippen LogP contribution in [-0.4, -0.2) is 12.4 Å². The smallest absolute Gasteiger partial charge is 0.192 e. The Morgan fingerprint density at radius 2 is 2.00 bits per heavy atom. The molecule has 0 amide bonds. The molecule has 0 saturated heterocycles. The van der Waals surface area contributed by atoms with Gasteiger partial charge >= 0.3 is 0 Å². The van der Waals surface area contributed by atoms with E-state index in [2.05, 4.69) is 0 Å². The van der Waals surface area contributed by atoms with Crippen LogP contribution in [-0.2, 0) is 11.3 Å². The van der Waals surface area contributed by atoms with E-state index in [-0.39, 0.29) is 12.4 Å². The fourth-order valence-electron chi connectivity index (χ4n) is 2.16. The van der Waals surface area contributed by atoms with Crippen molar-refractivity contribution in [2.75, 3.05) is 6.61 Å². The minimum Gasteiger partial charge on any atom is -0.464 e. The van der Waals surface area contributed by atoms with Crippen molar-refractivity contribution in [1.29, 1.82) is 0 Å². The van der Waals surface area contributed by atoms with Crippen LogP contribution in [0.4, 0.5) is 0 Å². The van der Waals surface area contributed by atoms with Crippen LogP contribution in [0.2, 0.25) is 5.02 Å². The normalized spacial score (nSPS) is 10.9. The zero-order valence-electron chi connectivity index (χ0n) is 11.2. The van der Waals surface area contributed by atoms with Gasteiger partial charge in [-0.15, -0.1) is 0 Å². The van der Waals surface area contributed by atoms with Crippen molar-refractivity contribution in [3.8, 4) is 0 Å².